The normalized spacial score (nSPS) is 23.3. The Morgan fingerprint density at radius 2 is 2.21 bits per heavy atom. The molecule has 0 spiro atoms. The van der Waals surface area contributed by atoms with E-state index in [1.54, 1.807) is 6.07 Å². The van der Waals surface area contributed by atoms with Gasteiger partial charge in [0, 0.05) is 12.1 Å². The van der Waals surface area contributed by atoms with Crippen LogP contribution in [0.1, 0.15) is 29.8 Å². The van der Waals surface area contributed by atoms with Crippen molar-refractivity contribution in [2.45, 2.75) is 32.9 Å². The summed E-state index contributed by atoms with van der Waals surface area (Å²) < 4.78 is 5.55. The van der Waals surface area contributed by atoms with Crippen LogP contribution in [0.25, 0.3) is 0 Å². The van der Waals surface area contributed by atoms with Crippen LogP contribution in [0.5, 0.6) is 0 Å². The number of hydrogen-bond acceptors (Lipinski definition) is 4. The van der Waals surface area contributed by atoms with Crippen molar-refractivity contribution in [2.24, 2.45) is 5.84 Å². The predicted molar refractivity (Wildman–Crippen MR) is 74.9 cm³/mol. The average Bonchev–Trinajstić information content (AvgIpc) is 2.40. The summed E-state index contributed by atoms with van der Waals surface area (Å²) in [6.07, 6.45) is 0.0891. The molecule has 5 heteroatoms. The Kier molecular flexibility index (Phi) is 4.07. The van der Waals surface area contributed by atoms with Crippen molar-refractivity contribution in [1.29, 1.82) is 0 Å². The Morgan fingerprint density at radius 3 is 2.84 bits per heavy atom. The minimum atomic E-state index is 0.0503. The van der Waals surface area contributed by atoms with Crippen LogP contribution in [-0.2, 0) is 4.74 Å². The van der Waals surface area contributed by atoms with Gasteiger partial charge in [-0.1, -0.05) is 0 Å². The first-order valence-corrected chi connectivity index (χ1v) is 6.52. The highest BCUT2D eigenvalue weighted by Gasteiger charge is 2.28. The average molecular weight is 263 g/mol. The van der Waals surface area contributed by atoms with Gasteiger partial charge in [-0.05, 0) is 44.5 Å². The highest BCUT2D eigenvalue weighted by Crippen LogP contribution is 2.19. The molecule has 1 heterocycles. The van der Waals surface area contributed by atoms with Gasteiger partial charge < -0.3 is 15.1 Å². The number of nitrogens with two attached hydrogens (primary N) is 1. The molecule has 1 aliphatic heterocycles. The first-order chi connectivity index (χ1) is 9.02. The minimum Gasteiger partial charge on any atom is -0.375 e. The van der Waals surface area contributed by atoms with Crippen LogP contribution in [0, 0.1) is 6.92 Å². The molecular weight excluding hydrogens is 242 g/mol. The number of nitrogen functional groups attached to an aromatic ring is 1. The number of nitrogens with one attached hydrogen (secondary N) is 1. The summed E-state index contributed by atoms with van der Waals surface area (Å²) >= 11 is 0. The number of morpholine rings is 1. The van der Waals surface area contributed by atoms with Gasteiger partial charge in [-0.3, -0.25) is 10.6 Å². The van der Waals surface area contributed by atoms with Gasteiger partial charge in [0.1, 0.15) is 0 Å². The molecule has 0 aromatic heterocycles. The predicted octanol–water partition coefficient (Wildman–Crippen LogP) is 1.53. The Hall–Kier alpha value is -1.59. The monoisotopic (exact) mass is 263 g/mol. The lowest BCUT2D eigenvalue weighted by molar-refractivity contribution is -0.0387. The molecule has 2 rings (SSSR count). The van der Waals surface area contributed by atoms with E-state index >= 15 is 0 Å². The maximum Gasteiger partial charge on any atom is 0.254 e. The highest BCUT2D eigenvalue weighted by molar-refractivity contribution is 5.95. The quantitative estimate of drug-likeness (QED) is 0.627. The van der Waals surface area contributed by atoms with Crippen molar-refractivity contribution in [3.63, 3.8) is 0 Å². The van der Waals surface area contributed by atoms with E-state index in [0.29, 0.717) is 18.7 Å². The molecule has 1 fully saturated rings. The largest absolute Gasteiger partial charge is 0.375 e. The Balaban J connectivity index is 2.21. The van der Waals surface area contributed by atoms with Crippen LogP contribution in [0.4, 0.5) is 5.69 Å². The van der Waals surface area contributed by atoms with Gasteiger partial charge >= 0.3 is 0 Å². The molecule has 0 bridgehead atoms. The van der Waals surface area contributed by atoms with Crippen molar-refractivity contribution in [2.75, 3.05) is 18.6 Å². The van der Waals surface area contributed by atoms with Crippen LogP contribution in [-0.4, -0.2) is 36.1 Å². The summed E-state index contributed by atoms with van der Waals surface area (Å²) in [5.74, 6) is 5.45. The lowest BCUT2D eigenvalue weighted by Crippen LogP contribution is -2.50. The number of nitrogens with zero attached hydrogens (tertiary/aromatic N) is 1. The van der Waals surface area contributed by atoms with E-state index < -0.39 is 0 Å². The second kappa shape index (κ2) is 5.59. The standard InChI is InChI=1S/C14H21N3O2/c1-9-6-12(4-5-13(9)16-15)14(18)17-7-11(3)19-8-10(17)2/h4-6,10-11,16H,7-8,15H2,1-3H3. The number of anilines is 1. The molecule has 1 aromatic carbocycles. The van der Waals surface area contributed by atoms with Gasteiger partial charge in [0.2, 0.25) is 0 Å². The van der Waals surface area contributed by atoms with E-state index in [0.717, 1.165) is 11.3 Å². The third-order valence-corrected chi connectivity index (χ3v) is 3.50. The van der Waals surface area contributed by atoms with E-state index in [-0.39, 0.29) is 18.1 Å². The van der Waals surface area contributed by atoms with Crippen molar-refractivity contribution in [1.82, 2.24) is 4.90 Å². The summed E-state index contributed by atoms with van der Waals surface area (Å²) in [5, 5.41) is 0. The molecule has 1 amide bonds. The second-order valence-corrected chi connectivity index (χ2v) is 5.12. The molecule has 19 heavy (non-hydrogen) atoms. The van der Waals surface area contributed by atoms with Crippen molar-refractivity contribution in [3.8, 4) is 0 Å². The molecule has 1 aliphatic rings. The number of benzene rings is 1. The van der Waals surface area contributed by atoms with Crippen LogP contribution in [0.2, 0.25) is 0 Å². The molecule has 2 unspecified atom stereocenters. The zero-order chi connectivity index (χ0) is 14.0. The van der Waals surface area contributed by atoms with Gasteiger partial charge in [0.15, 0.2) is 0 Å². The van der Waals surface area contributed by atoms with Crippen LogP contribution in [0.3, 0.4) is 0 Å². The molecule has 5 nitrogen and oxygen atoms in total. The number of aryl methyl sites for hydroxylation is 1. The fourth-order valence-corrected chi connectivity index (χ4v) is 2.31. The molecule has 104 valence electrons. The Morgan fingerprint density at radius 1 is 1.47 bits per heavy atom. The Bertz CT molecular complexity index is 476. The van der Waals surface area contributed by atoms with E-state index in [1.165, 1.54) is 0 Å². The SMILES string of the molecule is Cc1cc(C(=O)N2CC(C)OCC2C)ccc1NN. The van der Waals surface area contributed by atoms with E-state index in [2.05, 4.69) is 5.43 Å². The van der Waals surface area contributed by atoms with E-state index in [1.807, 2.05) is 37.8 Å². The van der Waals surface area contributed by atoms with Gasteiger partial charge in [0.25, 0.3) is 5.91 Å². The fraction of sp³-hybridized carbons (Fsp3) is 0.500. The van der Waals surface area contributed by atoms with Crippen molar-refractivity contribution in [3.05, 3.63) is 29.3 Å². The number of carbonyl (C=O) groups is 1. The molecule has 1 saturated heterocycles. The summed E-state index contributed by atoms with van der Waals surface area (Å²) in [7, 11) is 0. The summed E-state index contributed by atoms with van der Waals surface area (Å²) in [6, 6.07) is 5.61. The van der Waals surface area contributed by atoms with Gasteiger partial charge in [-0.15, -0.1) is 0 Å². The third kappa shape index (κ3) is 2.88. The minimum absolute atomic E-state index is 0.0503. The fourth-order valence-electron chi connectivity index (χ4n) is 2.31. The zero-order valence-corrected chi connectivity index (χ0v) is 11.6. The first kappa shape index (κ1) is 13.8. The smallest absolute Gasteiger partial charge is 0.254 e. The Labute approximate surface area is 113 Å². The summed E-state index contributed by atoms with van der Waals surface area (Å²) in [5.41, 5.74) is 5.10. The second-order valence-electron chi connectivity index (χ2n) is 5.12. The van der Waals surface area contributed by atoms with E-state index in [9.17, 15) is 4.79 Å². The summed E-state index contributed by atoms with van der Waals surface area (Å²) in [6.45, 7) is 7.15. The molecule has 1 aromatic rings. The molecule has 3 N–H and O–H groups in total. The van der Waals surface area contributed by atoms with E-state index in [4.69, 9.17) is 10.6 Å². The molecule has 2 atom stereocenters. The maximum absolute atomic E-state index is 12.5. The number of carbonyl (C=O) groups excluding carboxylic acids is 1. The van der Waals surface area contributed by atoms with Crippen LogP contribution >= 0.6 is 0 Å². The number of amides is 1. The number of rotatable bonds is 2. The van der Waals surface area contributed by atoms with Crippen LogP contribution in [0.15, 0.2) is 18.2 Å². The number of hydrogen-bond donors (Lipinski definition) is 2. The van der Waals surface area contributed by atoms with Crippen LogP contribution < -0.4 is 11.3 Å². The first-order valence-electron chi connectivity index (χ1n) is 6.52. The molecule has 0 radical (unpaired) electrons. The molecular formula is C14H21N3O2. The number of ether oxygens (including phenoxy) is 1. The van der Waals surface area contributed by atoms with Crippen molar-refractivity contribution < 1.29 is 9.53 Å². The van der Waals surface area contributed by atoms with Gasteiger partial charge in [-0.2, -0.15) is 0 Å². The maximum atomic E-state index is 12.5. The topological polar surface area (TPSA) is 67.6 Å². The highest BCUT2D eigenvalue weighted by atomic mass is 16.5. The molecule has 0 saturated carbocycles. The third-order valence-electron chi connectivity index (χ3n) is 3.50. The summed E-state index contributed by atoms with van der Waals surface area (Å²) in [4.78, 5) is 14.4. The lowest BCUT2D eigenvalue weighted by Gasteiger charge is -2.37. The lowest BCUT2D eigenvalue weighted by atomic mass is 10.1. The molecule has 0 aliphatic carbocycles. The van der Waals surface area contributed by atoms with Gasteiger partial charge in [-0.25, -0.2) is 0 Å². The van der Waals surface area contributed by atoms with Crippen molar-refractivity contribution >= 4 is 11.6 Å². The number of hydrazine groups is 1. The van der Waals surface area contributed by atoms with Gasteiger partial charge in [0.05, 0.1) is 24.4 Å². The zero-order valence-electron chi connectivity index (χ0n) is 11.6.